The first-order chi connectivity index (χ1) is 32.1. The van der Waals surface area contributed by atoms with Gasteiger partial charge in [0.2, 0.25) is 0 Å². The van der Waals surface area contributed by atoms with Gasteiger partial charge in [0.05, 0.1) is 11.1 Å². The average molecular weight is 971 g/mol. The Morgan fingerprint density at radius 2 is 0.735 bits per heavy atom. The smallest absolute Gasteiger partial charge is 0.399 e. The molecule has 0 aromatic heterocycles. The Morgan fingerprint density at radius 3 is 1.16 bits per heavy atom. The van der Waals surface area contributed by atoms with E-state index in [1.165, 1.54) is 50.8 Å². The number of nitrogen functional groups attached to an aromatic ring is 6. The van der Waals surface area contributed by atoms with E-state index in [0.29, 0.717) is 16.8 Å². The molecule has 12 N–H and O–H groups in total. The number of hydrogen-bond acceptors (Lipinski definition) is 8. The van der Waals surface area contributed by atoms with E-state index >= 15 is 0 Å². The van der Waals surface area contributed by atoms with Crippen molar-refractivity contribution in [1.29, 1.82) is 0 Å². The van der Waals surface area contributed by atoms with Gasteiger partial charge in [0.15, 0.2) is 0 Å². The zero-order chi connectivity index (χ0) is 50.3. The largest absolute Gasteiger partial charge is 0.418 e. The lowest BCUT2D eigenvalue weighted by atomic mass is 10.1. The summed E-state index contributed by atoms with van der Waals surface area (Å²) in [6, 6.07) is 58.1. The Labute approximate surface area is 401 Å². The van der Waals surface area contributed by atoms with Crippen molar-refractivity contribution >= 4 is 57.6 Å². The molecular formula is C53H53F7N6S2. The predicted molar refractivity (Wildman–Crippen MR) is 270 cm³/mol. The van der Waals surface area contributed by atoms with Crippen LogP contribution in [0.25, 0.3) is 0 Å². The van der Waals surface area contributed by atoms with Gasteiger partial charge in [-0.2, -0.15) is 26.3 Å². The van der Waals surface area contributed by atoms with Crippen LogP contribution in [0.1, 0.15) is 27.8 Å². The molecule has 15 heteroatoms. The van der Waals surface area contributed by atoms with Gasteiger partial charge in [0, 0.05) is 53.7 Å². The summed E-state index contributed by atoms with van der Waals surface area (Å²) in [4.78, 5) is 4.87. The minimum Gasteiger partial charge on any atom is -0.399 e. The van der Waals surface area contributed by atoms with Crippen LogP contribution in [0.3, 0.4) is 0 Å². The van der Waals surface area contributed by atoms with Crippen molar-refractivity contribution in [1.82, 2.24) is 0 Å². The number of nitrogens with two attached hydrogens (primary N) is 6. The van der Waals surface area contributed by atoms with Crippen LogP contribution in [-0.4, -0.2) is 0 Å². The predicted octanol–water partition coefficient (Wildman–Crippen LogP) is 15.0. The van der Waals surface area contributed by atoms with Crippen molar-refractivity contribution in [2.75, 3.05) is 34.4 Å². The van der Waals surface area contributed by atoms with Crippen LogP contribution in [0.4, 0.5) is 64.9 Å². The summed E-state index contributed by atoms with van der Waals surface area (Å²) < 4.78 is 85.5. The molecular weight excluding hydrogens is 918 g/mol. The van der Waals surface area contributed by atoms with Crippen LogP contribution in [0.15, 0.2) is 214 Å². The topological polar surface area (TPSA) is 156 Å². The first-order valence-electron chi connectivity index (χ1n) is 20.5. The first-order valence-corrected chi connectivity index (χ1v) is 22.1. The van der Waals surface area contributed by atoms with Gasteiger partial charge in [0.25, 0.3) is 0 Å². The Kier molecular flexibility index (Phi) is 22.2. The number of halogens is 7. The van der Waals surface area contributed by atoms with E-state index in [-0.39, 0.29) is 22.8 Å². The molecule has 68 heavy (non-hydrogen) atoms. The van der Waals surface area contributed by atoms with E-state index in [4.69, 9.17) is 34.4 Å². The number of anilines is 6. The van der Waals surface area contributed by atoms with Crippen LogP contribution in [0.2, 0.25) is 0 Å². The third-order valence-electron chi connectivity index (χ3n) is 8.77. The van der Waals surface area contributed by atoms with Gasteiger partial charge >= 0.3 is 12.4 Å². The van der Waals surface area contributed by atoms with E-state index in [0.717, 1.165) is 29.2 Å². The van der Waals surface area contributed by atoms with Crippen molar-refractivity contribution in [3.05, 3.63) is 228 Å². The number of para-hydroxylation sites is 1. The fraction of sp³-hybridized carbons (Fsp3) is 0.0943. The van der Waals surface area contributed by atoms with E-state index in [1.807, 2.05) is 109 Å². The minimum absolute atomic E-state index is 0.132. The van der Waals surface area contributed by atoms with Gasteiger partial charge in [-0.1, -0.05) is 108 Å². The molecule has 0 radical (unpaired) electrons. The Hall–Kier alpha value is -7.23. The second-order valence-corrected chi connectivity index (χ2v) is 16.8. The van der Waals surface area contributed by atoms with Crippen LogP contribution >= 0.6 is 23.5 Å². The molecule has 0 aliphatic carbocycles. The number of rotatable bonds is 4. The fourth-order valence-electron chi connectivity index (χ4n) is 5.29. The Bertz CT molecular complexity index is 2640. The van der Waals surface area contributed by atoms with Crippen molar-refractivity contribution < 1.29 is 30.7 Å². The van der Waals surface area contributed by atoms with Crippen LogP contribution in [-0.2, 0) is 12.4 Å². The quantitative estimate of drug-likeness (QED) is 0.0752. The molecule has 0 spiro atoms. The third-order valence-corrected chi connectivity index (χ3v) is 10.8. The molecule has 0 aliphatic rings. The minimum atomic E-state index is -4.35. The van der Waals surface area contributed by atoms with E-state index in [1.54, 1.807) is 55.6 Å². The molecule has 0 amide bonds. The lowest BCUT2D eigenvalue weighted by molar-refractivity contribution is -0.138. The van der Waals surface area contributed by atoms with Gasteiger partial charge in [-0.3, -0.25) is 0 Å². The molecule has 0 unspecified atom stereocenters. The number of hydrogen-bond donors (Lipinski definition) is 6. The van der Waals surface area contributed by atoms with Crippen LogP contribution in [0, 0.1) is 26.6 Å². The number of aryl methyl sites for hydroxylation is 3. The summed E-state index contributed by atoms with van der Waals surface area (Å²) in [5, 5.41) is 0. The standard InChI is InChI=1S/2C12H11NS.2C8H8F3N.C7H8FN.C6H7N/c13-10-5-4-8-12(9-10)14-11-6-2-1-3-7-11;13-10-6-8-12(9-7-10)14-11-4-2-1-3-5-11;1-5-2-3-6(12)4-7(5)8(9,10)11;1-5-2-3-7(12)6(4-5)8(9,10)11;1-5-2-3-6(9)4-7(5)8;7-6-4-2-1-3-5-6/h2*1-9H,13H2;2*2-4H,12H2,1H3;2-4H,9H2,1H3;1-5H,7H2. The number of benzene rings is 8. The lowest BCUT2D eigenvalue weighted by Crippen LogP contribution is -2.08. The maximum absolute atomic E-state index is 12.5. The molecule has 8 aromatic carbocycles. The summed E-state index contributed by atoms with van der Waals surface area (Å²) in [6.45, 7) is 4.70. The highest BCUT2D eigenvalue weighted by Crippen LogP contribution is 2.35. The molecule has 0 saturated carbocycles. The second-order valence-electron chi connectivity index (χ2n) is 14.6. The van der Waals surface area contributed by atoms with Gasteiger partial charge in [-0.15, -0.1) is 0 Å². The molecule has 8 aromatic rings. The summed E-state index contributed by atoms with van der Waals surface area (Å²) in [7, 11) is 0. The lowest BCUT2D eigenvalue weighted by Gasteiger charge is -2.09. The molecule has 0 saturated heterocycles. The van der Waals surface area contributed by atoms with E-state index in [9.17, 15) is 30.7 Å². The summed E-state index contributed by atoms with van der Waals surface area (Å²) >= 11 is 3.46. The Balaban J connectivity index is 0.000000219. The van der Waals surface area contributed by atoms with Crippen molar-refractivity contribution in [3.63, 3.8) is 0 Å². The second kappa shape index (κ2) is 27.4. The maximum Gasteiger partial charge on any atom is 0.418 e. The average Bonchev–Trinajstić information content (AvgIpc) is 3.29. The van der Waals surface area contributed by atoms with Gasteiger partial charge in [0.1, 0.15) is 5.82 Å². The third kappa shape index (κ3) is 21.4. The van der Waals surface area contributed by atoms with Crippen molar-refractivity contribution in [2.45, 2.75) is 52.7 Å². The maximum atomic E-state index is 12.5. The molecule has 0 heterocycles. The van der Waals surface area contributed by atoms with Crippen LogP contribution < -0.4 is 34.4 Å². The SMILES string of the molecule is Cc1ccc(N)c(C(F)(F)F)c1.Cc1ccc(N)cc1C(F)(F)F.Cc1ccc(N)cc1F.Nc1ccc(Sc2ccccc2)cc1.Nc1cccc(Sc2ccccc2)c1.Nc1ccccc1. The fourth-order valence-corrected chi connectivity index (χ4v) is 7.03. The normalized spacial score (nSPS) is 10.4. The van der Waals surface area contributed by atoms with Gasteiger partial charge < -0.3 is 34.4 Å². The van der Waals surface area contributed by atoms with Crippen molar-refractivity contribution in [2.24, 2.45) is 0 Å². The molecule has 0 atom stereocenters. The van der Waals surface area contributed by atoms with Gasteiger partial charge in [-0.25, -0.2) is 4.39 Å². The van der Waals surface area contributed by atoms with E-state index < -0.39 is 23.5 Å². The zero-order valence-corrected chi connectivity index (χ0v) is 39.0. The highest BCUT2D eigenvalue weighted by Gasteiger charge is 2.33. The van der Waals surface area contributed by atoms with Gasteiger partial charge in [-0.05, 0) is 147 Å². The molecule has 8 rings (SSSR count). The molecule has 6 nitrogen and oxygen atoms in total. The summed E-state index contributed by atoms with van der Waals surface area (Å²) in [5.41, 5.74) is 35.1. The molecule has 0 aliphatic heterocycles. The highest BCUT2D eigenvalue weighted by molar-refractivity contribution is 7.99. The van der Waals surface area contributed by atoms with Crippen molar-refractivity contribution in [3.8, 4) is 0 Å². The zero-order valence-electron chi connectivity index (χ0n) is 37.4. The molecule has 0 bridgehead atoms. The molecule has 0 fully saturated rings. The van der Waals surface area contributed by atoms with Crippen LogP contribution in [0.5, 0.6) is 0 Å². The number of alkyl halides is 6. The Morgan fingerprint density at radius 1 is 0.338 bits per heavy atom. The van der Waals surface area contributed by atoms with E-state index in [2.05, 4.69) is 30.3 Å². The monoisotopic (exact) mass is 970 g/mol. The summed E-state index contributed by atoms with van der Waals surface area (Å²) in [6.07, 6.45) is -8.66. The molecule has 356 valence electrons. The highest BCUT2D eigenvalue weighted by atomic mass is 32.2. The summed E-state index contributed by atoms with van der Waals surface area (Å²) in [5.74, 6) is -0.241. The first kappa shape index (κ1) is 55.1.